The van der Waals surface area contributed by atoms with Gasteiger partial charge in [0.2, 0.25) is 0 Å². The van der Waals surface area contributed by atoms with Gasteiger partial charge in [-0.1, -0.05) is 25.6 Å². The van der Waals surface area contributed by atoms with Gasteiger partial charge in [-0.25, -0.2) is 0 Å². The quantitative estimate of drug-likeness (QED) is 0.589. The molecule has 0 saturated carbocycles. The molecule has 2 heteroatoms. The number of fused-ring (bicyclic) bond motifs is 1. The van der Waals surface area contributed by atoms with Gasteiger partial charge in [0.1, 0.15) is 0 Å². The molecule has 1 aliphatic heterocycles. The molecular formula is C9H14N2. The molecule has 0 bridgehead atoms. The van der Waals surface area contributed by atoms with Gasteiger partial charge in [0.25, 0.3) is 0 Å². The van der Waals surface area contributed by atoms with Gasteiger partial charge in [0.15, 0.2) is 0 Å². The third-order valence-electron chi connectivity index (χ3n) is 1.74. The maximum Gasteiger partial charge on any atom is 0.0655 e. The van der Waals surface area contributed by atoms with Crippen molar-refractivity contribution in [3.63, 3.8) is 0 Å². The topological polar surface area (TPSA) is 24.1 Å². The Morgan fingerprint density at radius 1 is 1.18 bits per heavy atom. The van der Waals surface area contributed by atoms with E-state index in [-0.39, 0.29) is 7.43 Å². The Kier molecular flexibility index (Phi) is 2.49. The van der Waals surface area contributed by atoms with Crippen molar-refractivity contribution in [3.8, 4) is 0 Å². The van der Waals surface area contributed by atoms with Gasteiger partial charge < -0.3 is 5.32 Å². The molecule has 0 fully saturated rings. The molecule has 0 spiro atoms. The van der Waals surface area contributed by atoms with Crippen LogP contribution in [0.4, 0.5) is 5.69 Å². The molecule has 0 atom stereocenters. The Labute approximate surface area is 67.6 Å². The lowest BCUT2D eigenvalue weighted by Gasteiger charge is -2.18. The van der Waals surface area contributed by atoms with Crippen LogP contribution in [0.2, 0.25) is 0 Å². The molecule has 60 valence electrons. The van der Waals surface area contributed by atoms with Crippen molar-refractivity contribution in [1.29, 1.82) is 0 Å². The van der Waals surface area contributed by atoms with Gasteiger partial charge in [-0.2, -0.15) is 0 Å². The van der Waals surface area contributed by atoms with E-state index in [0.717, 1.165) is 13.2 Å². The predicted molar refractivity (Wildman–Crippen MR) is 48.5 cm³/mol. The Morgan fingerprint density at radius 2 is 2.00 bits per heavy atom. The number of anilines is 1. The van der Waals surface area contributed by atoms with Crippen LogP contribution in [0.25, 0.3) is 0 Å². The van der Waals surface area contributed by atoms with E-state index in [2.05, 4.69) is 34.9 Å². The third-order valence-corrected chi connectivity index (χ3v) is 1.74. The molecule has 0 radical (unpaired) electrons. The fourth-order valence-electron chi connectivity index (χ4n) is 1.20. The third kappa shape index (κ3) is 1.52. The van der Waals surface area contributed by atoms with Crippen molar-refractivity contribution in [2.75, 3.05) is 12.0 Å². The normalized spacial score (nSPS) is 14.2. The zero-order valence-electron chi connectivity index (χ0n) is 5.72. The molecule has 2 nitrogen and oxygen atoms in total. The number of nitrogens with one attached hydrogen (secondary N) is 2. The number of rotatable bonds is 0. The van der Waals surface area contributed by atoms with Crippen LogP contribution in [0.1, 0.15) is 13.0 Å². The van der Waals surface area contributed by atoms with Crippen molar-refractivity contribution < 1.29 is 0 Å². The van der Waals surface area contributed by atoms with Gasteiger partial charge in [-0.05, 0) is 11.6 Å². The van der Waals surface area contributed by atoms with Crippen molar-refractivity contribution in [1.82, 2.24) is 5.32 Å². The second kappa shape index (κ2) is 3.39. The van der Waals surface area contributed by atoms with Gasteiger partial charge in [-0.15, -0.1) is 0 Å². The molecule has 0 aliphatic carbocycles. The van der Waals surface area contributed by atoms with Crippen LogP contribution in [0.3, 0.4) is 0 Å². The Balaban J connectivity index is 0.000000605. The molecule has 1 aromatic rings. The number of benzene rings is 1. The minimum absolute atomic E-state index is 0. The smallest absolute Gasteiger partial charge is 0.0655 e. The summed E-state index contributed by atoms with van der Waals surface area (Å²) in [7, 11) is 0. The van der Waals surface area contributed by atoms with Crippen LogP contribution in [-0.4, -0.2) is 6.67 Å². The number of hydrogen-bond donors (Lipinski definition) is 2. The zero-order valence-corrected chi connectivity index (χ0v) is 5.72. The average molecular weight is 150 g/mol. The second-order valence-electron chi connectivity index (χ2n) is 2.44. The highest BCUT2D eigenvalue weighted by Gasteiger charge is 2.03. The van der Waals surface area contributed by atoms with Crippen LogP contribution < -0.4 is 10.6 Å². The fourth-order valence-corrected chi connectivity index (χ4v) is 1.20. The van der Waals surface area contributed by atoms with Crippen LogP contribution in [-0.2, 0) is 6.54 Å². The van der Waals surface area contributed by atoms with Gasteiger partial charge in [0, 0.05) is 12.2 Å². The molecule has 0 amide bonds. The molecular weight excluding hydrogens is 136 g/mol. The van der Waals surface area contributed by atoms with E-state index in [1.54, 1.807) is 0 Å². The maximum atomic E-state index is 3.25. The summed E-state index contributed by atoms with van der Waals surface area (Å²) in [6, 6.07) is 8.36. The molecule has 2 N–H and O–H groups in total. The van der Waals surface area contributed by atoms with E-state index in [9.17, 15) is 0 Å². The first-order valence-electron chi connectivity index (χ1n) is 3.49. The lowest BCUT2D eigenvalue weighted by Crippen LogP contribution is -2.27. The number of hydrogen-bond acceptors (Lipinski definition) is 2. The first-order chi connectivity index (χ1) is 4.97. The molecule has 0 unspecified atom stereocenters. The van der Waals surface area contributed by atoms with E-state index in [4.69, 9.17) is 0 Å². The van der Waals surface area contributed by atoms with Crippen molar-refractivity contribution in [3.05, 3.63) is 29.8 Å². The average Bonchev–Trinajstić information content (AvgIpc) is 2.05. The summed E-state index contributed by atoms with van der Waals surface area (Å²) in [5, 5.41) is 6.48. The molecule has 1 aliphatic rings. The standard InChI is InChI=1S/C8H10N2.CH4/c1-2-4-8-7(3-1)5-9-6-10-8;/h1-4,9-10H,5-6H2;1H4. The lowest BCUT2D eigenvalue weighted by atomic mass is 10.1. The minimum Gasteiger partial charge on any atom is -0.372 e. The highest BCUT2D eigenvalue weighted by Crippen LogP contribution is 2.16. The SMILES string of the molecule is C.c1ccc2c(c1)CNCN2. The highest BCUT2D eigenvalue weighted by molar-refractivity contribution is 5.52. The summed E-state index contributed by atoms with van der Waals surface area (Å²) in [5.41, 5.74) is 2.62. The van der Waals surface area contributed by atoms with Crippen molar-refractivity contribution in [2.24, 2.45) is 0 Å². The van der Waals surface area contributed by atoms with Gasteiger partial charge >= 0.3 is 0 Å². The monoisotopic (exact) mass is 150 g/mol. The molecule has 0 aromatic heterocycles. The summed E-state index contributed by atoms with van der Waals surface area (Å²) >= 11 is 0. The fraction of sp³-hybridized carbons (Fsp3) is 0.333. The molecule has 2 rings (SSSR count). The lowest BCUT2D eigenvalue weighted by molar-refractivity contribution is 0.709. The Bertz CT molecular complexity index is 208. The summed E-state index contributed by atoms with van der Waals surface area (Å²) < 4.78 is 0. The predicted octanol–water partition coefficient (Wildman–Crippen LogP) is 1.80. The minimum atomic E-state index is 0. The second-order valence-corrected chi connectivity index (χ2v) is 2.44. The summed E-state index contributed by atoms with van der Waals surface area (Å²) in [6.45, 7) is 1.88. The van der Waals surface area contributed by atoms with Crippen LogP contribution in [0.15, 0.2) is 24.3 Å². The molecule has 1 aromatic carbocycles. The van der Waals surface area contributed by atoms with Gasteiger partial charge in [0.05, 0.1) is 6.67 Å². The Morgan fingerprint density at radius 3 is 2.82 bits per heavy atom. The first-order valence-corrected chi connectivity index (χ1v) is 3.49. The molecule has 11 heavy (non-hydrogen) atoms. The van der Waals surface area contributed by atoms with Crippen molar-refractivity contribution >= 4 is 5.69 Å². The van der Waals surface area contributed by atoms with E-state index < -0.39 is 0 Å². The largest absolute Gasteiger partial charge is 0.372 e. The summed E-state index contributed by atoms with van der Waals surface area (Å²) in [4.78, 5) is 0. The van der Waals surface area contributed by atoms with E-state index in [1.807, 2.05) is 0 Å². The maximum absolute atomic E-state index is 3.25. The highest BCUT2D eigenvalue weighted by atomic mass is 15.1. The van der Waals surface area contributed by atoms with Crippen LogP contribution >= 0.6 is 0 Å². The van der Waals surface area contributed by atoms with Crippen LogP contribution in [0, 0.1) is 0 Å². The first kappa shape index (κ1) is 8.08. The van der Waals surface area contributed by atoms with Crippen molar-refractivity contribution in [2.45, 2.75) is 14.0 Å². The molecule has 0 saturated heterocycles. The number of para-hydroxylation sites is 1. The van der Waals surface area contributed by atoms with E-state index in [0.29, 0.717) is 0 Å². The zero-order chi connectivity index (χ0) is 6.81. The van der Waals surface area contributed by atoms with Crippen LogP contribution in [0.5, 0.6) is 0 Å². The van der Waals surface area contributed by atoms with E-state index >= 15 is 0 Å². The molecule has 1 heterocycles. The summed E-state index contributed by atoms with van der Waals surface area (Å²) in [6.07, 6.45) is 0. The Hall–Kier alpha value is -1.02. The van der Waals surface area contributed by atoms with Gasteiger partial charge in [-0.3, -0.25) is 5.32 Å². The summed E-state index contributed by atoms with van der Waals surface area (Å²) in [5.74, 6) is 0. The van der Waals surface area contributed by atoms with E-state index in [1.165, 1.54) is 11.3 Å².